The van der Waals surface area contributed by atoms with Crippen molar-refractivity contribution in [2.75, 3.05) is 13.1 Å². The first-order valence-electron chi connectivity index (χ1n) is 9.96. The summed E-state index contributed by atoms with van der Waals surface area (Å²) < 4.78 is 13.3. The topological polar surface area (TPSA) is 23.6 Å². The number of rotatable bonds is 3. The standard InChI is InChI=1S/C23H25FN2O/c1-16-5-2-3-6-18(16)14-25-15-19-13-21(17-7-9-20(24)10-8-17)26-12-4-11-23(19,26)22(25)27/h2-3,5-10,19,21H,4,11-15H2,1H3/t19-,21-,23-/m0/s1. The number of hydrogen-bond acceptors (Lipinski definition) is 2. The third-order valence-corrected chi connectivity index (χ3v) is 7.00. The van der Waals surface area contributed by atoms with Gasteiger partial charge in [0.15, 0.2) is 0 Å². The van der Waals surface area contributed by atoms with Gasteiger partial charge in [0.1, 0.15) is 11.4 Å². The normalized spacial score (nSPS) is 30.0. The Hall–Kier alpha value is -2.20. The van der Waals surface area contributed by atoms with Crippen LogP contribution in [0.25, 0.3) is 0 Å². The minimum atomic E-state index is -0.332. The molecular weight excluding hydrogens is 339 g/mol. The van der Waals surface area contributed by atoms with E-state index in [1.165, 1.54) is 11.1 Å². The molecule has 2 aromatic rings. The Labute approximate surface area is 159 Å². The van der Waals surface area contributed by atoms with Crippen LogP contribution in [0.1, 0.15) is 42.0 Å². The Morgan fingerprint density at radius 2 is 1.93 bits per heavy atom. The Morgan fingerprint density at radius 3 is 2.70 bits per heavy atom. The summed E-state index contributed by atoms with van der Waals surface area (Å²) in [5.41, 5.74) is 3.29. The number of hydrogen-bond donors (Lipinski definition) is 0. The predicted molar refractivity (Wildman–Crippen MR) is 103 cm³/mol. The lowest BCUT2D eigenvalue weighted by Gasteiger charge is -2.33. The number of likely N-dealkylation sites (tertiary alicyclic amines) is 1. The molecule has 3 atom stereocenters. The van der Waals surface area contributed by atoms with Crippen molar-refractivity contribution in [1.29, 1.82) is 0 Å². The lowest BCUT2D eigenvalue weighted by molar-refractivity contribution is -0.137. The first kappa shape index (κ1) is 16.9. The van der Waals surface area contributed by atoms with Crippen LogP contribution < -0.4 is 0 Å². The van der Waals surface area contributed by atoms with Crippen LogP contribution >= 0.6 is 0 Å². The number of carbonyl (C=O) groups excluding carboxylic acids is 1. The molecule has 3 saturated heterocycles. The highest BCUT2D eigenvalue weighted by molar-refractivity contribution is 5.90. The molecule has 3 fully saturated rings. The van der Waals surface area contributed by atoms with Crippen LogP contribution in [0, 0.1) is 18.7 Å². The highest BCUT2D eigenvalue weighted by Gasteiger charge is 2.65. The number of aryl methyl sites for hydroxylation is 1. The van der Waals surface area contributed by atoms with Gasteiger partial charge < -0.3 is 4.90 Å². The molecule has 5 rings (SSSR count). The number of amides is 1. The lowest BCUT2D eigenvalue weighted by Crippen LogP contribution is -2.49. The second-order valence-electron chi connectivity index (χ2n) is 8.33. The molecule has 140 valence electrons. The summed E-state index contributed by atoms with van der Waals surface area (Å²) in [7, 11) is 0. The van der Waals surface area contributed by atoms with Gasteiger partial charge in [0.05, 0.1) is 0 Å². The van der Waals surface area contributed by atoms with E-state index >= 15 is 0 Å². The molecule has 3 aliphatic rings. The van der Waals surface area contributed by atoms with Crippen molar-refractivity contribution in [2.45, 2.75) is 44.3 Å². The summed E-state index contributed by atoms with van der Waals surface area (Å²) in [5, 5.41) is 0. The summed E-state index contributed by atoms with van der Waals surface area (Å²) in [6, 6.07) is 15.4. The molecule has 3 heterocycles. The van der Waals surface area contributed by atoms with Gasteiger partial charge in [0.25, 0.3) is 0 Å². The third-order valence-electron chi connectivity index (χ3n) is 7.00. The number of nitrogens with zero attached hydrogens (tertiary/aromatic N) is 2. The van der Waals surface area contributed by atoms with Gasteiger partial charge in [-0.05, 0) is 61.6 Å². The first-order chi connectivity index (χ1) is 13.1. The molecule has 0 aromatic heterocycles. The van der Waals surface area contributed by atoms with Crippen molar-refractivity contribution < 1.29 is 9.18 Å². The van der Waals surface area contributed by atoms with Crippen LogP contribution in [0.3, 0.4) is 0 Å². The zero-order valence-corrected chi connectivity index (χ0v) is 15.7. The number of carbonyl (C=O) groups is 1. The Balaban J connectivity index is 1.43. The summed E-state index contributed by atoms with van der Waals surface area (Å²) >= 11 is 0. The molecule has 0 bridgehead atoms. The van der Waals surface area contributed by atoms with Crippen LogP contribution in [-0.2, 0) is 11.3 Å². The molecule has 4 heteroatoms. The molecule has 0 saturated carbocycles. The number of halogens is 1. The monoisotopic (exact) mass is 364 g/mol. The summed E-state index contributed by atoms with van der Waals surface area (Å²) in [5.74, 6) is 0.470. The molecule has 0 N–H and O–H groups in total. The van der Waals surface area contributed by atoms with Crippen molar-refractivity contribution in [3.63, 3.8) is 0 Å². The van der Waals surface area contributed by atoms with E-state index in [0.717, 1.165) is 37.9 Å². The Bertz CT molecular complexity index is 880. The van der Waals surface area contributed by atoms with Crippen molar-refractivity contribution in [3.05, 3.63) is 71.0 Å². The highest BCUT2D eigenvalue weighted by Crippen LogP contribution is 2.56. The fourth-order valence-corrected chi connectivity index (χ4v) is 5.71. The van der Waals surface area contributed by atoms with E-state index in [4.69, 9.17) is 0 Å². The maximum atomic E-state index is 13.6. The van der Waals surface area contributed by atoms with E-state index in [-0.39, 0.29) is 17.4 Å². The van der Waals surface area contributed by atoms with Crippen LogP contribution in [0.4, 0.5) is 4.39 Å². The van der Waals surface area contributed by atoms with Gasteiger partial charge in [0, 0.05) is 25.0 Å². The highest BCUT2D eigenvalue weighted by atomic mass is 19.1. The molecule has 27 heavy (non-hydrogen) atoms. The van der Waals surface area contributed by atoms with Crippen LogP contribution in [0.5, 0.6) is 0 Å². The third kappa shape index (κ3) is 2.46. The smallest absolute Gasteiger partial charge is 0.243 e. The SMILES string of the molecule is Cc1ccccc1CN1C[C@@H]2C[C@@H](c3ccc(F)cc3)N3CCC[C@@]23C1=O. The zero-order valence-electron chi connectivity index (χ0n) is 15.7. The molecule has 2 aromatic carbocycles. The van der Waals surface area contributed by atoms with Gasteiger partial charge in [-0.25, -0.2) is 4.39 Å². The Kier molecular flexibility index (Phi) is 3.87. The molecule has 0 radical (unpaired) electrons. The maximum Gasteiger partial charge on any atom is 0.243 e. The summed E-state index contributed by atoms with van der Waals surface area (Å²) in [6.45, 7) is 4.62. The van der Waals surface area contributed by atoms with E-state index in [1.54, 1.807) is 12.1 Å². The molecule has 1 amide bonds. The molecule has 0 aliphatic carbocycles. The number of benzene rings is 2. The van der Waals surface area contributed by atoms with Gasteiger partial charge >= 0.3 is 0 Å². The molecule has 0 unspecified atom stereocenters. The first-order valence-corrected chi connectivity index (χ1v) is 9.96. The van der Waals surface area contributed by atoms with Crippen LogP contribution in [0.15, 0.2) is 48.5 Å². The van der Waals surface area contributed by atoms with E-state index in [2.05, 4.69) is 34.9 Å². The average molecular weight is 364 g/mol. The molecule has 1 spiro atoms. The van der Waals surface area contributed by atoms with Crippen molar-refractivity contribution >= 4 is 5.91 Å². The quantitative estimate of drug-likeness (QED) is 0.820. The lowest BCUT2D eigenvalue weighted by atomic mass is 9.85. The fraction of sp³-hybridized carbons (Fsp3) is 0.435. The van der Waals surface area contributed by atoms with E-state index in [1.807, 2.05) is 18.2 Å². The van der Waals surface area contributed by atoms with Crippen molar-refractivity contribution in [3.8, 4) is 0 Å². The van der Waals surface area contributed by atoms with Gasteiger partial charge in [-0.3, -0.25) is 9.69 Å². The summed E-state index contributed by atoms with van der Waals surface area (Å²) in [6.07, 6.45) is 3.01. The second kappa shape index (κ2) is 6.16. The molecule has 3 nitrogen and oxygen atoms in total. The van der Waals surface area contributed by atoms with Gasteiger partial charge in [-0.1, -0.05) is 36.4 Å². The van der Waals surface area contributed by atoms with Crippen molar-refractivity contribution in [2.24, 2.45) is 5.92 Å². The molecular formula is C23H25FN2O. The minimum Gasteiger partial charge on any atom is -0.336 e. The maximum absolute atomic E-state index is 13.6. The van der Waals surface area contributed by atoms with E-state index in [9.17, 15) is 9.18 Å². The fourth-order valence-electron chi connectivity index (χ4n) is 5.71. The summed E-state index contributed by atoms with van der Waals surface area (Å²) in [4.78, 5) is 18.1. The average Bonchev–Trinajstić information content (AvgIpc) is 3.29. The van der Waals surface area contributed by atoms with Crippen molar-refractivity contribution in [1.82, 2.24) is 9.80 Å². The van der Waals surface area contributed by atoms with E-state index < -0.39 is 0 Å². The van der Waals surface area contributed by atoms with E-state index in [0.29, 0.717) is 18.4 Å². The van der Waals surface area contributed by atoms with Gasteiger partial charge in [-0.2, -0.15) is 0 Å². The van der Waals surface area contributed by atoms with Crippen LogP contribution in [0.2, 0.25) is 0 Å². The van der Waals surface area contributed by atoms with Gasteiger partial charge in [-0.15, -0.1) is 0 Å². The second-order valence-corrected chi connectivity index (χ2v) is 8.33. The Morgan fingerprint density at radius 1 is 1.15 bits per heavy atom. The van der Waals surface area contributed by atoms with Gasteiger partial charge in [0.2, 0.25) is 5.91 Å². The van der Waals surface area contributed by atoms with Crippen LogP contribution in [-0.4, -0.2) is 34.3 Å². The zero-order chi connectivity index (χ0) is 18.6. The predicted octanol–water partition coefficient (Wildman–Crippen LogP) is 4.07. The molecule has 3 aliphatic heterocycles. The minimum absolute atomic E-state index is 0.200. The largest absolute Gasteiger partial charge is 0.336 e.